The van der Waals surface area contributed by atoms with Crippen LogP contribution in [0.5, 0.6) is 0 Å². The van der Waals surface area contributed by atoms with Gasteiger partial charge in [0.05, 0.1) is 15.6 Å². The maximum atomic E-state index is 12.7. The van der Waals surface area contributed by atoms with Crippen molar-refractivity contribution in [1.82, 2.24) is 9.88 Å². The number of fused-ring (bicyclic) bond motifs is 1. The number of thiophene rings is 1. The second-order valence-corrected chi connectivity index (χ2v) is 7.05. The highest BCUT2D eigenvalue weighted by molar-refractivity contribution is 7.17. The number of rotatable bonds is 5. The highest BCUT2D eigenvalue weighted by Gasteiger charge is 2.43. The zero-order valence-corrected chi connectivity index (χ0v) is 13.4. The number of likely N-dealkylation sites (tertiary alicyclic amines) is 1. The molecule has 1 fully saturated rings. The number of hydrogen-bond acceptors (Lipinski definition) is 4. The molecule has 0 saturated carbocycles. The number of hydrogen-bond donors (Lipinski definition) is 1. The van der Waals surface area contributed by atoms with E-state index in [-0.39, 0.29) is 12.8 Å². The van der Waals surface area contributed by atoms with Crippen LogP contribution in [0.1, 0.15) is 24.8 Å². The molecule has 2 aromatic rings. The molecule has 0 aromatic carbocycles. The third kappa shape index (κ3) is 3.50. The van der Waals surface area contributed by atoms with Crippen molar-refractivity contribution in [3.63, 3.8) is 0 Å². The van der Waals surface area contributed by atoms with Crippen LogP contribution < -0.4 is 0 Å². The summed E-state index contributed by atoms with van der Waals surface area (Å²) in [6.07, 6.45) is -0.780. The van der Waals surface area contributed by atoms with Crippen molar-refractivity contribution >= 4 is 27.5 Å². The number of pyridine rings is 1. The minimum absolute atomic E-state index is 0.265. The molecule has 124 valence electrons. The van der Waals surface area contributed by atoms with Gasteiger partial charge in [0.15, 0.2) is 0 Å². The molecule has 4 nitrogen and oxygen atoms in total. The van der Waals surface area contributed by atoms with Crippen molar-refractivity contribution in [3.8, 4) is 0 Å². The number of aliphatic carboxylic acids is 1. The molecular weight excluding hydrogens is 322 g/mol. The zero-order valence-electron chi connectivity index (χ0n) is 12.5. The van der Waals surface area contributed by atoms with Crippen molar-refractivity contribution in [1.29, 1.82) is 0 Å². The van der Waals surface area contributed by atoms with Gasteiger partial charge in [0, 0.05) is 19.2 Å². The minimum atomic E-state index is -2.58. The van der Waals surface area contributed by atoms with E-state index in [9.17, 15) is 18.7 Å². The molecule has 1 aliphatic rings. The van der Waals surface area contributed by atoms with E-state index in [1.165, 1.54) is 0 Å². The van der Waals surface area contributed by atoms with Crippen LogP contribution in [0.25, 0.3) is 10.2 Å². The molecule has 3 heterocycles. The smallest absolute Gasteiger partial charge is 0.309 e. The number of piperidine rings is 1. The molecule has 1 N–H and O–H groups in total. The number of alkyl halides is 2. The minimum Gasteiger partial charge on any atom is -0.481 e. The van der Waals surface area contributed by atoms with Gasteiger partial charge in [-0.15, -0.1) is 11.3 Å². The highest BCUT2D eigenvalue weighted by atomic mass is 32.1. The van der Waals surface area contributed by atoms with Crippen LogP contribution in [0.3, 0.4) is 0 Å². The molecule has 1 saturated heterocycles. The first kappa shape index (κ1) is 16.3. The Hall–Kier alpha value is -1.60. The fourth-order valence-corrected chi connectivity index (χ4v) is 3.98. The zero-order chi connectivity index (χ0) is 16.4. The number of halogens is 2. The Morgan fingerprint density at radius 3 is 2.83 bits per heavy atom. The van der Waals surface area contributed by atoms with E-state index in [4.69, 9.17) is 0 Å². The summed E-state index contributed by atoms with van der Waals surface area (Å²) >= 11 is 1.63. The summed E-state index contributed by atoms with van der Waals surface area (Å²) in [6.45, 7) is 1.70. The standard InChI is InChI=1S/C16H18F2N2O2S/c17-14(18)8-16(15(21)22)2-4-20(5-3-16)10-11-7-13-12(19-9-11)1-6-23-13/h1,6-7,9,14H,2-5,8,10H2,(H,21,22). The summed E-state index contributed by atoms with van der Waals surface area (Å²) in [4.78, 5) is 17.9. The van der Waals surface area contributed by atoms with Crippen molar-refractivity contribution in [2.24, 2.45) is 5.41 Å². The number of aromatic nitrogens is 1. The molecule has 0 unspecified atom stereocenters. The third-order valence-corrected chi connectivity index (χ3v) is 5.43. The van der Waals surface area contributed by atoms with Crippen molar-refractivity contribution in [2.75, 3.05) is 13.1 Å². The van der Waals surface area contributed by atoms with Crippen molar-refractivity contribution in [2.45, 2.75) is 32.2 Å². The van der Waals surface area contributed by atoms with E-state index in [0.29, 0.717) is 19.6 Å². The topological polar surface area (TPSA) is 53.4 Å². The normalized spacial score (nSPS) is 18.6. The van der Waals surface area contributed by atoms with E-state index in [0.717, 1.165) is 15.8 Å². The molecule has 23 heavy (non-hydrogen) atoms. The fourth-order valence-electron chi connectivity index (χ4n) is 3.17. The first-order valence-corrected chi connectivity index (χ1v) is 8.42. The largest absolute Gasteiger partial charge is 0.481 e. The Morgan fingerprint density at radius 1 is 1.43 bits per heavy atom. The van der Waals surface area contributed by atoms with Gasteiger partial charge < -0.3 is 5.11 Å². The van der Waals surface area contributed by atoms with Gasteiger partial charge in [0.2, 0.25) is 6.43 Å². The Bertz CT molecular complexity index is 696. The lowest BCUT2D eigenvalue weighted by Gasteiger charge is -2.38. The Balaban J connectivity index is 1.65. The van der Waals surface area contributed by atoms with Gasteiger partial charge in [0.25, 0.3) is 0 Å². The van der Waals surface area contributed by atoms with Crippen LogP contribution in [0, 0.1) is 5.41 Å². The molecular formula is C16H18F2N2O2S. The van der Waals surface area contributed by atoms with Gasteiger partial charge in [-0.05, 0) is 49.0 Å². The molecule has 0 atom stereocenters. The maximum absolute atomic E-state index is 12.7. The molecule has 2 aromatic heterocycles. The van der Waals surface area contributed by atoms with Crippen molar-refractivity contribution in [3.05, 3.63) is 29.3 Å². The second kappa shape index (κ2) is 6.49. The molecule has 0 bridgehead atoms. The van der Waals surface area contributed by atoms with Gasteiger partial charge in [-0.3, -0.25) is 14.7 Å². The van der Waals surface area contributed by atoms with E-state index in [2.05, 4.69) is 16.0 Å². The molecule has 1 aliphatic heterocycles. The van der Waals surface area contributed by atoms with Gasteiger partial charge in [0.1, 0.15) is 0 Å². The lowest BCUT2D eigenvalue weighted by Crippen LogP contribution is -2.45. The predicted molar refractivity (Wildman–Crippen MR) is 84.8 cm³/mol. The fraction of sp³-hybridized carbons (Fsp3) is 0.500. The van der Waals surface area contributed by atoms with Crippen LogP contribution in [-0.4, -0.2) is 40.5 Å². The van der Waals surface area contributed by atoms with Gasteiger partial charge >= 0.3 is 5.97 Å². The Kier molecular flexibility index (Phi) is 4.59. The summed E-state index contributed by atoms with van der Waals surface area (Å²) in [5, 5.41) is 11.3. The van der Waals surface area contributed by atoms with Crippen LogP contribution in [0.4, 0.5) is 8.78 Å². The van der Waals surface area contributed by atoms with Crippen molar-refractivity contribution < 1.29 is 18.7 Å². The average Bonchev–Trinajstić information content (AvgIpc) is 2.96. The first-order valence-electron chi connectivity index (χ1n) is 7.54. The number of carbonyl (C=O) groups is 1. The monoisotopic (exact) mass is 340 g/mol. The summed E-state index contributed by atoms with van der Waals surface area (Å²) in [5.74, 6) is -1.10. The molecule has 7 heteroatoms. The summed E-state index contributed by atoms with van der Waals surface area (Å²) in [5.41, 5.74) is 0.761. The average molecular weight is 340 g/mol. The number of nitrogens with zero attached hydrogens (tertiary/aromatic N) is 2. The molecule has 0 amide bonds. The van der Waals surface area contributed by atoms with Gasteiger partial charge in [-0.1, -0.05) is 0 Å². The summed E-state index contributed by atoms with van der Waals surface area (Å²) < 4.78 is 26.5. The number of carboxylic acids is 1. The molecule has 3 rings (SSSR count). The van der Waals surface area contributed by atoms with E-state index in [1.807, 2.05) is 17.6 Å². The summed E-state index contributed by atoms with van der Waals surface area (Å²) in [7, 11) is 0. The molecule has 0 radical (unpaired) electrons. The maximum Gasteiger partial charge on any atom is 0.309 e. The Morgan fingerprint density at radius 2 is 2.17 bits per heavy atom. The predicted octanol–water partition coefficient (Wildman–Crippen LogP) is 3.62. The molecule has 0 aliphatic carbocycles. The van der Waals surface area contributed by atoms with E-state index >= 15 is 0 Å². The van der Waals surface area contributed by atoms with E-state index in [1.54, 1.807) is 11.3 Å². The Labute approximate surface area is 136 Å². The molecule has 0 spiro atoms. The lowest BCUT2D eigenvalue weighted by atomic mass is 9.75. The van der Waals surface area contributed by atoms with Crippen LogP contribution >= 0.6 is 11.3 Å². The van der Waals surface area contributed by atoms with E-state index < -0.39 is 24.2 Å². The first-order chi connectivity index (χ1) is 11.0. The van der Waals surface area contributed by atoms with Gasteiger partial charge in [-0.2, -0.15) is 0 Å². The second-order valence-electron chi connectivity index (χ2n) is 6.10. The van der Waals surface area contributed by atoms with Crippen LogP contribution in [0.2, 0.25) is 0 Å². The quantitative estimate of drug-likeness (QED) is 0.903. The lowest BCUT2D eigenvalue weighted by molar-refractivity contribution is -0.155. The van der Waals surface area contributed by atoms with Gasteiger partial charge in [-0.25, -0.2) is 8.78 Å². The summed E-state index contributed by atoms with van der Waals surface area (Å²) in [6, 6.07) is 4.06. The SMILES string of the molecule is O=C(O)C1(CC(F)F)CCN(Cc2cnc3ccsc3c2)CC1. The number of carboxylic acid groups (broad SMARTS) is 1. The van der Waals surface area contributed by atoms with Crippen LogP contribution in [-0.2, 0) is 11.3 Å². The van der Waals surface area contributed by atoms with Crippen LogP contribution in [0.15, 0.2) is 23.7 Å². The third-order valence-electron chi connectivity index (χ3n) is 4.58. The highest BCUT2D eigenvalue weighted by Crippen LogP contribution is 2.38.